The van der Waals surface area contributed by atoms with Crippen molar-refractivity contribution < 1.29 is 9.53 Å². The van der Waals surface area contributed by atoms with Crippen molar-refractivity contribution in [3.05, 3.63) is 70.4 Å². The summed E-state index contributed by atoms with van der Waals surface area (Å²) >= 11 is 6.29. The molecule has 0 aliphatic rings. The molecule has 0 atom stereocenters. The van der Waals surface area contributed by atoms with Crippen molar-refractivity contribution in [1.82, 2.24) is 4.98 Å². The summed E-state index contributed by atoms with van der Waals surface area (Å²) in [5, 5.41) is 1.55. The van der Waals surface area contributed by atoms with Gasteiger partial charge in [-0.1, -0.05) is 29.8 Å². The number of amides is 1. The Kier molecular flexibility index (Phi) is 4.17. The van der Waals surface area contributed by atoms with Crippen LogP contribution >= 0.6 is 11.6 Å². The van der Waals surface area contributed by atoms with Gasteiger partial charge in [-0.25, -0.2) is 0 Å². The second-order valence-corrected chi connectivity index (χ2v) is 5.66. The minimum Gasteiger partial charge on any atom is -0.488 e. The molecule has 0 radical (unpaired) electrons. The van der Waals surface area contributed by atoms with Crippen molar-refractivity contribution in [3.63, 3.8) is 0 Å². The lowest BCUT2D eigenvalue weighted by Crippen LogP contribution is -2.13. The Morgan fingerprint density at radius 3 is 2.87 bits per heavy atom. The molecular weight excluding hydrogens is 312 g/mol. The highest BCUT2D eigenvalue weighted by atomic mass is 35.5. The molecule has 3 rings (SSSR count). The third-order valence-electron chi connectivity index (χ3n) is 3.60. The predicted molar refractivity (Wildman–Crippen MR) is 90.8 cm³/mol. The Morgan fingerprint density at radius 2 is 2.09 bits per heavy atom. The largest absolute Gasteiger partial charge is 0.488 e. The van der Waals surface area contributed by atoms with E-state index in [0.29, 0.717) is 16.3 Å². The number of nitrogens with two attached hydrogens (primary N) is 1. The first-order valence-electron chi connectivity index (χ1n) is 7.11. The molecule has 116 valence electrons. The van der Waals surface area contributed by atoms with Crippen molar-refractivity contribution >= 4 is 28.4 Å². The van der Waals surface area contributed by atoms with Crippen LogP contribution in [0.2, 0.25) is 5.02 Å². The standard InChI is InChI=1S/C18H15ClN2O2/c1-11-4-6-13(18(20)22)16(9-11)23-10-14-15(19)7-5-12-3-2-8-21-17(12)14/h2-9H,10H2,1H3,(H2,20,22). The maximum Gasteiger partial charge on any atom is 0.252 e. The number of halogens is 1. The van der Waals surface area contributed by atoms with Gasteiger partial charge < -0.3 is 10.5 Å². The number of ether oxygens (including phenoxy) is 1. The van der Waals surface area contributed by atoms with Crippen LogP contribution in [0.4, 0.5) is 0 Å². The lowest BCUT2D eigenvalue weighted by molar-refractivity contribution is 0.0996. The molecule has 0 bridgehead atoms. The van der Waals surface area contributed by atoms with Gasteiger partial charge in [0, 0.05) is 22.2 Å². The van der Waals surface area contributed by atoms with E-state index in [4.69, 9.17) is 22.1 Å². The first kappa shape index (κ1) is 15.3. The van der Waals surface area contributed by atoms with E-state index in [1.807, 2.05) is 37.3 Å². The number of carbonyl (C=O) groups excluding carboxylic acids is 1. The minimum atomic E-state index is -0.526. The molecule has 0 fully saturated rings. The fourth-order valence-electron chi connectivity index (χ4n) is 2.42. The fraction of sp³-hybridized carbons (Fsp3) is 0.111. The molecule has 0 unspecified atom stereocenters. The average molecular weight is 327 g/mol. The SMILES string of the molecule is Cc1ccc(C(N)=O)c(OCc2c(Cl)ccc3cccnc23)c1. The van der Waals surface area contributed by atoms with Crippen molar-refractivity contribution in [3.8, 4) is 5.75 Å². The van der Waals surface area contributed by atoms with E-state index in [0.717, 1.165) is 22.0 Å². The predicted octanol–water partition coefficient (Wildman–Crippen LogP) is 3.87. The highest BCUT2D eigenvalue weighted by Crippen LogP contribution is 2.27. The van der Waals surface area contributed by atoms with Crippen LogP contribution in [0.3, 0.4) is 0 Å². The van der Waals surface area contributed by atoms with Crippen LogP contribution < -0.4 is 10.5 Å². The highest BCUT2D eigenvalue weighted by molar-refractivity contribution is 6.32. The second-order valence-electron chi connectivity index (χ2n) is 5.25. The number of pyridine rings is 1. The van der Waals surface area contributed by atoms with E-state index in [1.165, 1.54) is 0 Å². The number of benzene rings is 2. The molecule has 1 heterocycles. The molecule has 0 saturated heterocycles. The van der Waals surface area contributed by atoms with Gasteiger partial charge in [0.1, 0.15) is 12.4 Å². The number of rotatable bonds is 4. The fourth-order valence-corrected chi connectivity index (χ4v) is 2.63. The smallest absolute Gasteiger partial charge is 0.252 e. The summed E-state index contributed by atoms with van der Waals surface area (Å²) in [7, 11) is 0. The zero-order valence-electron chi connectivity index (χ0n) is 12.5. The zero-order chi connectivity index (χ0) is 16.4. The number of aromatic nitrogens is 1. The van der Waals surface area contributed by atoms with E-state index in [-0.39, 0.29) is 6.61 Å². The summed E-state index contributed by atoms with van der Waals surface area (Å²) in [6, 6.07) is 12.8. The van der Waals surface area contributed by atoms with E-state index in [9.17, 15) is 4.79 Å². The highest BCUT2D eigenvalue weighted by Gasteiger charge is 2.12. The van der Waals surface area contributed by atoms with E-state index in [2.05, 4.69) is 4.98 Å². The summed E-state index contributed by atoms with van der Waals surface area (Å²) in [6.45, 7) is 2.13. The van der Waals surface area contributed by atoms with Gasteiger partial charge in [-0.05, 0) is 36.8 Å². The Balaban J connectivity index is 1.97. The molecule has 0 aliphatic heterocycles. The van der Waals surface area contributed by atoms with Crippen LogP contribution in [0, 0.1) is 6.92 Å². The van der Waals surface area contributed by atoms with Crippen molar-refractivity contribution in [2.45, 2.75) is 13.5 Å². The van der Waals surface area contributed by atoms with Gasteiger partial charge in [-0.3, -0.25) is 9.78 Å². The lowest BCUT2D eigenvalue weighted by atomic mass is 10.1. The first-order valence-corrected chi connectivity index (χ1v) is 7.49. The minimum absolute atomic E-state index is 0.205. The molecule has 2 N–H and O–H groups in total. The third kappa shape index (κ3) is 3.12. The summed E-state index contributed by atoms with van der Waals surface area (Å²) in [5.74, 6) is -0.0800. The monoisotopic (exact) mass is 326 g/mol. The topological polar surface area (TPSA) is 65.2 Å². The summed E-state index contributed by atoms with van der Waals surface area (Å²) in [6.07, 6.45) is 1.71. The van der Waals surface area contributed by atoms with Gasteiger partial charge in [-0.2, -0.15) is 0 Å². The molecule has 1 amide bonds. The van der Waals surface area contributed by atoms with E-state index >= 15 is 0 Å². The zero-order valence-corrected chi connectivity index (χ0v) is 13.3. The number of nitrogens with zero attached hydrogens (tertiary/aromatic N) is 1. The number of primary amides is 1. The molecule has 0 saturated carbocycles. The number of hydrogen-bond acceptors (Lipinski definition) is 3. The Morgan fingerprint density at radius 1 is 1.26 bits per heavy atom. The Labute approximate surface area is 138 Å². The van der Waals surface area contributed by atoms with Gasteiger partial charge in [0.05, 0.1) is 11.1 Å². The number of carbonyl (C=O) groups is 1. The van der Waals surface area contributed by atoms with Gasteiger partial charge in [-0.15, -0.1) is 0 Å². The number of hydrogen-bond donors (Lipinski definition) is 1. The molecule has 1 aromatic heterocycles. The van der Waals surface area contributed by atoms with Crippen LogP contribution in [0.25, 0.3) is 10.9 Å². The maximum atomic E-state index is 11.5. The number of fused-ring (bicyclic) bond motifs is 1. The van der Waals surface area contributed by atoms with Gasteiger partial charge in [0.2, 0.25) is 0 Å². The first-order chi connectivity index (χ1) is 11.1. The molecule has 4 nitrogen and oxygen atoms in total. The maximum absolute atomic E-state index is 11.5. The molecular formula is C18H15ClN2O2. The van der Waals surface area contributed by atoms with Crippen LogP contribution in [0.5, 0.6) is 5.75 Å². The summed E-state index contributed by atoms with van der Waals surface area (Å²) < 4.78 is 5.83. The molecule has 5 heteroatoms. The van der Waals surface area contributed by atoms with Crippen LogP contribution in [0.1, 0.15) is 21.5 Å². The van der Waals surface area contributed by atoms with Gasteiger partial charge in [0.25, 0.3) is 5.91 Å². The van der Waals surface area contributed by atoms with E-state index < -0.39 is 5.91 Å². The van der Waals surface area contributed by atoms with E-state index in [1.54, 1.807) is 18.3 Å². The summed E-state index contributed by atoms with van der Waals surface area (Å²) in [4.78, 5) is 15.9. The molecule has 2 aromatic carbocycles. The lowest BCUT2D eigenvalue weighted by Gasteiger charge is -2.13. The van der Waals surface area contributed by atoms with Crippen molar-refractivity contribution in [2.75, 3.05) is 0 Å². The Hall–Kier alpha value is -2.59. The van der Waals surface area contributed by atoms with Crippen LogP contribution in [-0.2, 0) is 6.61 Å². The van der Waals surface area contributed by atoms with Gasteiger partial charge >= 0.3 is 0 Å². The second kappa shape index (κ2) is 6.26. The van der Waals surface area contributed by atoms with Crippen LogP contribution in [0.15, 0.2) is 48.7 Å². The Bertz CT molecular complexity index is 893. The summed E-state index contributed by atoms with van der Waals surface area (Å²) in [5.41, 5.74) is 8.29. The normalized spacial score (nSPS) is 10.7. The third-order valence-corrected chi connectivity index (χ3v) is 3.95. The quantitative estimate of drug-likeness (QED) is 0.791. The molecule has 0 spiro atoms. The van der Waals surface area contributed by atoms with Crippen molar-refractivity contribution in [2.24, 2.45) is 5.73 Å². The molecule has 23 heavy (non-hydrogen) atoms. The molecule has 3 aromatic rings. The van der Waals surface area contributed by atoms with Crippen molar-refractivity contribution in [1.29, 1.82) is 0 Å². The van der Waals surface area contributed by atoms with Crippen LogP contribution in [-0.4, -0.2) is 10.9 Å². The van der Waals surface area contributed by atoms with Gasteiger partial charge in [0.15, 0.2) is 0 Å². The average Bonchev–Trinajstić information content (AvgIpc) is 2.53. The number of aryl methyl sites for hydroxylation is 1. The molecule has 0 aliphatic carbocycles.